The Hall–Kier alpha value is -2.42. The number of nitrogens with one attached hydrogen (secondary N) is 1. The zero-order chi connectivity index (χ0) is 24.8. The molecule has 0 radical (unpaired) electrons. The number of nitrogens with zero attached hydrogens (tertiary/aromatic N) is 1. The van der Waals surface area contributed by atoms with E-state index >= 15 is 0 Å². The second-order valence-electron chi connectivity index (χ2n) is 9.67. The molecular formula is C27H38N2O6. The maximum Gasteiger partial charge on any atom is 0.247 e. The van der Waals surface area contributed by atoms with Gasteiger partial charge in [0.1, 0.15) is 18.0 Å². The van der Waals surface area contributed by atoms with Crippen LogP contribution in [0, 0.1) is 5.92 Å². The summed E-state index contributed by atoms with van der Waals surface area (Å²) in [6.07, 6.45) is 5.59. The van der Waals surface area contributed by atoms with Crippen LogP contribution in [-0.2, 0) is 14.3 Å². The molecule has 1 fully saturated rings. The van der Waals surface area contributed by atoms with Crippen molar-refractivity contribution in [1.82, 2.24) is 10.2 Å². The molecule has 4 atom stereocenters. The molecule has 192 valence electrons. The number of para-hydroxylation sites is 1. The molecular weight excluding hydrogens is 448 g/mol. The van der Waals surface area contributed by atoms with E-state index in [0.717, 1.165) is 31.2 Å². The van der Waals surface area contributed by atoms with Gasteiger partial charge in [-0.05, 0) is 44.2 Å². The van der Waals surface area contributed by atoms with Crippen LogP contribution in [0.5, 0.6) is 5.75 Å². The first-order valence-corrected chi connectivity index (χ1v) is 13.0. The van der Waals surface area contributed by atoms with Crippen molar-refractivity contribution in [3.05, 3.63) is 41.5 Å². The minimum atomic E-state index is -0.985. The van der Waals surface area contributed by atoms with Crippen molar-refractivity contribution in [3.8, 4) is 5.75 Å². The molecule has 0 bridgehead atoms. The lowest BCUT2D eigenvalue weighted by Gasteiger charge is -2.41. The molecule has 2 aliphatic carbocycles. The molecule has 1 heterocycles. The van der Waals surface area contributed by atoms with Gasteiger partial charge in [0.25, 0.3) is 0 Å². The number of amides is 2. The zero-order valence-electron chi connectivity index (χ0n) is 20.5. The van der Waals surface area contributed by atoms with E-state index in [4.69, 9.17) is 9.47 Å². The standard InChI is InChI=1S/C27H38N2O6/c1-2-34-15-7-13-29(23(31)16-18-8-3-4-9-18)21-17-20(27(33)28-12-14-30)24-19-10-5-6-11-22(19)35-26(24)25(21)32/h5-6,10-11,17-18,21,24-26,30,32H,2-4,7-9,12-16H2,1H3,(H,28,33)/t21-,24+,25+,26+/m1/s1. The lowest BCUT2D eigenvalue weighted by Crippen LogP contribution is -2.56. The van der Waals surface area contributed by atoms with E-state index in [9.17, 15) is 19.8 Å². The van der Waals surface area contributed by atoms with E-state index in [2.05, 4.69) is 5.32 Å². The quantitative estimate of drug-likeness (QED) is 0.414. The van der Waals surface area contributed by atoms with Crippen molar-refractivity contribution in [1.29, 1.82) is 0 Å². The highest BCUT2D eigenvalue weighted by Crippen LogP contribution is 2.47. The van der Waals surface area contributed by atoms with Gasteiger partial charge in [0.15, 0.2) is 0 Å². The van der Waals surface area contributed by atoms with Gasteiger partial charge in [-0.15, -0.1) is 0 Å². The van der Waals surface area contributed by atoms with Gasteiger partial charge in [0, 0.05) is 43.9 Å². The summed E-state index contributed by atoms with van der Waals surface area (Å²) in [7, 11) is 0. The molecule has 0 unspecified atom stereocenters. The van der Waals surface area contributed by atoms with Crippen molar-refractivity contribution in [2.24, 2.45) is 5.92 Å². The first kappa shape index (κ1) is 25.7. The molecule has 4 rings (SSSR count). The number of ether oxygens (including phenoxy) is 2. The second-order valence-corrected chi connectivity index (χ2v) is 9.67. The van der Waals surface area contributed by atoms with Gasteiger partial charge in [0.2, 0.25) is 11.8 Å². The molecule has 8 heteroatoms. The lowest BCUT2D eigenvalue weighted by atomic mass is 9.77. The fraction of sp³-hybridized carbons (Fsp3) is 0.630. The SMILES string of the molecule is CCOCCCN(C(=O)CC1CCCC1)[C@@H]1C=C(C(=O)NCCO)[C@@H]2c3ccccc3O[C@@H]2[C@H]1O. The Morgan fingerprint density at radius 2 is 2.00 bits per heavy atom. The third-order valence-electron chi connectivity index (χ3n) is 7.39. The Labute approximate surface area is 207 Å². The van der Waals surface area contributed by atoms with Gasteiger partial charge < -0.3 is 29.9 Å². The average molecular weight is 487 g/mol. The second kappa shape index (κ2) is 12.0. The van der Waals surface area contributed by atoms with Gasteiger partial charge in [-0.3, -0.25) is 9.59 Å². The summed E-state index contributed by atoms with van der Waals surface area (Å²) in [5, 5.41) is 23.5. The molecule has 1 aliphatic heterocycles. The van der Waals surface area contributed by atoms with Crippen molar-refractivity contribution >= 4 is 11.8 Å². The molecule has 0 aromatic heterocycles. The van der Waals surface area contributed by atoms with E-state index in [1.165, 1.54) is 0 Å². The molecule has 3 aliphatic rings. The fourth-order valence-electron chi connectivity index (χ4n) is 5.69. The number of aliphatic hydroxyl groups is 2. The number of hydrogen-bond acceptors (Lipinski definition) is 6. The van der Waals surface area contributed by atoms with Crippen LogP contribution >= 0.6 is 0 Å². The largest absolute Gasteiger partial charge is 0.486 e. The highest BCUT2D eigenvalue weighted by Gasteiger charge is 2.50. The Balaban J connectivity index is 1.65. The van der Waals surface area contributed by atoms with Crippen LogP contribution < -0.4 is 10.1 Å². The first-order chi connectivity index (χ1) is 17.0. The Morgan fingerprint density at radius 3 is 2.74 bits per heavy atom. The summed E-state index contributed by atoms with van der Waals surface area (Å²) in [6.45, 7) is 3.45. The Morgan fingerprint density at radius 1 is 1.23 bits per heavy atom. The van der Waals surface area contributed by atoms with E-state index in [1.54, 1.807) is 11.0 Å². The zero-order valence-corrected chi connectivity index (χ0v) is 20.5. The maximum absolute atomic E-state index is 13.5. The van der Waals surface area contributed by atoms with Crippen molar-refractivity contribution in [2.75, 3.05) is 32.9 Å². The predicted octanol–water partition coefficient (Wildman–Crippen LogP) is 2.14. The Bertz CT molecular complexity index is 913. The van der Waals surface area contributed by atoms with E-state index < -0.39 is 24.2 Å². The molecule has 0 spiro atoms. The minimum Gasteiger partial charge on any atom is -0.486 e. The van der Waals surface area contributed by atoms with Crippen molar-refractivity contribution < 1.29 is 29.3 Å². The minimum absolute atomic E-state index is 0.00206. The molecule has 1 aromatic rings. The van der Waals surface area contributed by atoms with Crippen LogP contribution in [0.3, 0.4) is 0 Å². The van der Waals surface area contributed by atoms with E-state index in [0.29, 0.717) is 49.8 Å². The van der Waals surface area contributed by atoms with Crippen LogP contribution in [0.25, 0.3) is 0 Å². The van der Waals surface area contributed by atoms with E-state index in [-0.39, 0.29) is 25.0 Å². The average Bonchev–Trinajstić information content (AvgIpc) is 3.51. The number of carbonyl (C=O) groups is 2. The maximum atomic E-state index is 13.5. The number of hydrogen-bond donors (Lipinski definition) is 3. The third kappa shape index (κ3) is 5.71. The van der Waals surface area contributed by atoms with Gasteiger partial charge in [-0.2, -0.15) is 0 Å². The number of rotatable bonds is 11. The van der Waals surface area contributed by atoms with Crippen LogP contribution in [0.1, 0.15) is 56.9 Å². The number of fused-ring (bicyclic) bond motifs is 3. The molecule has 2 amide bonds. The third-order valence-corrected chi connectivity index (χ3v) is 7.39. The summed E-state index contributed by atoms with van der Waals surface area (Å²) in [4.78, 5) is 28.4. The normalized spacial score (nSPS) is 25.4. The first-order valence-electron chi connectivity index (χ1n) is 13.0. The van der Waals surface area contributed by atoms with Gasteiger partial charge in [0.05, 0.1) is 18.6 Å². The molecule has 1 saturated carbocycles. The topological polar surface area (TPSA) is 108 Å². The van der Waals surface area contributed by atoms with Crippen LogP contribution in [-0.4, -0.2) is 78.1 Å². The summed E-state index contributed by atoms with van der Waals surface area (Å²) in [5.74, 6) is 0.254. The number of benzene rings is 1. The molecule has 35 heavy (non-hydrogen) atoms. The fourth-order valence-corrected chi connectivity index (χ4v) is 5.69. The Kier molecular flexibility index (Phi) is 8.81. The van der Waals surface area contributed by atoms with Gasteiger partial charge in [-0.1, -0.05) is 31.0 Å². The summed E-state index contributed by atoms with van der Waals surface area (Å²) < 4.78 is 11.7. The van der Waals surface area contributed by atoms with Gasteiger partial charge in [-0.25, -0.2) is 0 Å². The summed E-state index contributed by atoms with van der Waals surface area (Å²) in [5.41, 5.74) is 1.31. The van der Waals surface area contributed by atoms with Crippen molar-refractivity contribution in [2.45, 2.75) is 69.6 Å². The summed E-state index contributed by atoms with van der Waals surface area (Å²) in [6, 6.07) is 6.81. The summed E-state index contributed by atoms with van der Waals surface area (Å²) >= 11 is 0. The van der Waals surface area contributed by atoms with Crippen LogP contribution in [0.2, 0.25) is 0 Å². The highest BCUT2D eigenvalue weighted by atomic mass is 16.5. The van der Waals surface area contributed by atoms with Crippen molar-refractivity contribution in [3.63, 3.8) is 0 Å². The van der Waals surface area contributed by atoms with Gasteiger partial charge >= 0.3 is 0 Å². The molecule has 3 N–H and O–H groups in total. The molecule has 1 aromatic carbocycles. The van der Waals surface area contributed by atoms with Crippen LogP contribution in [0.4, 0.5) is 0 Å². The smallest absolute Gasteiger partial charge is 0.247 e. The predicted molar refractivity (Wildman–Crippen MR) is 131 cm³/mol. The van der Waals surface area contributed by atoms with E-state index in [1.807, 2.05) is 31.2 Å². The highest BCUT2D eigenvalue weighted by molar-refractivity contribution is 5.96. The number of carbonyl (C=O) groups excluding carboxylic acids is 2. The number of aliphatic hydroxyl groups excluding tert-OH is 2. The molecule has 8 nitrogen and oxygen atoms in total. The monoisotopic (exact) mass is 486 g/mol. The molecule has 0 saturated heterocycles. The lowest BCUT2D eigenvalue weighted by molar-refractivity contribution is -0.138. The van der Waals surface area contributed by atoms with Crippen LogP contribution in [0.15, 0.2) is 35.9 Å².